The Morgan fingerprint density at radius 3 is 2.70 bits per heavy atom. The smallest absolute Gasteiger partial charge is 0.234 e. The van der Waals surface area contributed by atoms with Crippen molar-refractivity contribution in [2.45, 2.75) is 12.1 Å². The zero-order chi connectivity index (χ0) is 21.1. The summed E-state index contributed by atoms with van der Waals surface area (Å²) in [5.74, 6) is 0.788. The Labute approximate surface area is 182 Å². The molecule has 1 amide bonds. The molecule has 0 atom stereocenters. The van der Waals surface area contributed by atoms with Crippen LogP contribution in [0.3, 0.4) is 0 Å². The summed E-state index contributed by atoms with van der Waals surface area (Å²) in [6.07, 6.45) is 0. The Hall–Kier alpha value is -3.10. The third-order valence-electron chi connectivity index (χ3n) is 4.49. The Morgan fingerprint density at radius 2 is 1.93 bits per heavy atom. The number of fused-ring (bicyclic) bond motifs is 1. The molecule has 0 bridgehead atoms. The first kappa shape index (κ1) is 20.2. The van der Waals surface area contributed by atoms with E-state index in [2.05, 4.69) is 20.6 Å². The predicted molar refractivity (Wildman–Crippen MR) is 118 cm³/mol. The fraction of sp³-hybridized carbons (Fsp3) is 0.143. The molecule has 30 heavy (non-hydrogen) atoms. The first-order chi connectivity index (χ1) is 14.5. The Kier molecular flexibility index (Phi) is 5.87. The number of amides is 1. The maximum Gasteiger partial charge on any atom is 0.234 e. The van der Waals surface area contributed by atoms with E-state index in [4.69, 9.17) is 16.3 Å². The summed E-state index contributed by atoms with van der Waals surface area (Å²) in [4.78, 5) is 12.4. The molecule has 4 rings (SSSR count). The van der Waals surface area contributed by atoms with Crippen LogP contribution in [0.25, 0.3) is 16.9 Å². The van der Waals surface area contributed by atoms with Gasteiger partial charge in [0.05, 0.1) is 18.6 Å². The second-order valence-electron chi connectivity index (χ2n) is 6.45. The third kappa shape index (κ3) is 4.24. The van der Waals surface area contributed by atoms with Crippen molar-refractivity contribution in [1.29, 1.82) is 0 Å². The van der Waals surface area contributed by atoms with Gasteiger partial charge in [0.15, 0.2) is 5.65 Å². The summed E-state index contributed by atoms with van der Waals surface area (Å²) in [7, 11) is 1.63. The molecule has 0 radical (unpaired) electrons. The lowest BCUT2D eigenvalue weighted by Crippen LogP contribution is -2.15. The second-order valence-corrected chi connectivity index (χ2v) is 7.80. The van der Waals surface area contributed by atoms with Crippen molar-refractivity contribution in [2.24, 2.45) is 0 Å². The van der Waals surface area contributed by atoms with Crippen molar-refractivity contribution >= 4 is 40.6 Å². The van der Waals surface area contributed by atoms with Crippen LogP contribution >= 0.6 is 23.4 Å². The zero-order valence-electron chi connectivity index (χ0n) is 16.3. The van der Waals surface area contributed by atoms with Crippen molar-refractivity contribution in [3.63, 3.8) is 0 Å². The number of methoxy groups -OCH3 is 1. The van der Waals surface area contributed by atoms with Crippen molar-refractivity contribution in [3.05, 3.63) is 65.2 Å². The highest BCUT2D eigenvalue weighted by molar-refractivity contribution is 7.99. The number of hydrogen-bond acceptors (Lipinski definition) is 6. The van der Waals surface area contributed by atoms with Crippen LogP contribution in [0.1, 0.15) is 5.56 Å². The average Bonchev–Trinajstić information content (AvgIpc) is 3.18. The van der Waals surface area contributed by atoms with Crippen LogP contribution in [-0.4, -0.2) is 38.6 Å². The summed E-state index contributed by atoms with van der Waals surface area (Å²) in [6.45, 7) is 1.86. The lowest BCUT2D eigenvalue weighted by atomic mass is 10.1. The van der Waals surface area contributed by atoms with E-state index < -0.39 is 0 Å². The van der Waals surface area contributed by atoms with Crippen LogP contribution in [0.4, 0.5) is 5.69 Å². The van der Waals surface area contributed by atoms with Gasteiger partial charge in [-0.1, -0.05) is 29.4 Å². The number of thioether (sulfide) groups is 1. The molecule has 0 unspecified atom stereocenters. The van der Waals surface area contributed by atoms with E-state index in [0.717, 1.165) is 22.6 Å². The first-order valence-electron chi connectivity index (χ1n) is 9.10. The fourth-order valence-corrected chi connectivity index (χ4v) is 3.70. The quantitative estimate of drug-likeness (QED) is 0.446. The number of anilines is 1. The minimum absolute atomic E-state index is 0.159. The van der Waals surface area contributed by atoms with E-state index in [0.29, 0.717) is 21.5 Å². The molecular formula is C21H18ClN5O2S. The Morgan fingerprint density at radius 1 is 1.13 bits per heavy atom. The van der Waals surface area contributed by atoms with Gasteiger partial charge in [-0.15, -0.1) is 10.2 Å². The molecule has 0 aliphatic carbocycles. The van der Waals surface area contributed by atoms with Gasteiger partial charge in [-0.25, -0.2) is 0 Å². The molecule has 0 saturated carbocycles. The number of nitrogens with zero attached hydrogens (tertiary/aromatic N) is 4. The van der Waals surface area contributed by atoms with Crippen LogP contribution in [0, 0.1) is 6.92 Å². The number of benzene rings is 2. The Bertz CT molecular complexity index is 1210. The number of carbonyl (C=O) groups is 1. The molecule has 0 fully saturated rings. The number of aromatic nitrogens is 4. The summed E-state index contributed by atoms with van der Waals surface area (Å²) < 4.78 is 6.84. The van der Waals surface area contributed by atoms with Gasteiger partial charge < -0.3 is 10.1 Å². The van der Waals surface area contributed by atoms with Crippen LogP contribution in [0.2, 0.25) is 5.02 Å². The molecule has 4 aromatic rings. The molecule has 0 aliphatic heterocycles. The molecule has 2 aromatic heterocycles. The number of nitrogens with one attached hydrogen (secondary N) is 1. The van der Waals surface area contributed by atoms with Gasteiger partial charge in [-0.2, -0.15) is 9.61 Å². The average molecular weight is 440 g/mol. The molecule has 1 N–H and O–H groups in total. The molecule has 0 spiro atoms. The lowest BCUT2D eigenvalue weighted by molar-refractivity contribution is -0.113. The molecule has 7 nitrogen and oxygen atoms in total. The number of halogens is 1. The minimum atomic E-state index is -0.159. The predicted octanol–water partition coefficient (Wildman–Crippen LogP) is 4.49. The van der Waals surface area contributed by atoms with Gasteiger partial charge in [0.1, 0.15) is 5.75 Å². The monoisotopic (exact) mass is 439 g/mol. The van der Waals surface area contributed by atoms with Gasteiger partial charge in [-0.3, -0.25) is 4.79 Å². The van der Waals surface area contributed by atoms with Crippen LogP contribution < -0.4 is 10.1 Å². The van der Waals surface area contributed by atoms with Crippen LogP contribution in [0.5, 0.6) is 5.75 Å². The highest BCUT2D eigenvalue weighted by Crippen LogP contribution is 2.25. The summed E-state index contributed by atoms with van der Waals surface area (Å²) in [6, 6.07) is 16.8. The minimum Gasteiger partial charge on any atom is -0.497 e. The Balaban J connectivity index is 1.50. The summed E-state index contributed by atoms with van der Waals surface area (Å²) in [5.41, 5.74) is 3.85. The number of ether oxygens (including phenoxy) is 1. The van der Waals surface area contributed by atoms with Crippen molar-refractivity contribution < 1.29 is 9.53 Å². The lowest BCUT2D eigenvalue weighted by Gasteiger charge is -2.09. The van der Waals surface area contributed by atoms with Crippen molar-refractivity contribution in [1.82, 2.24) is 19.8 Å². The molecule has 2 aromatic carbocycles. The van der Waals surface area contributed by atoms with Crippen molar-refractivity contribution in [3.8, 4) is 17.0 Å². The van der Waals surface area contributed by atoms with Crippen molar-refractivity contribution in [2.75, 3.05) is 18.2 Å². The maximum absolute atomic E-state index is 12.4. The molecule has 9 heteroatoms. The molecule has 0 aliphatic rings. The molecule has 0 saturated heterocycles. The number of rotatable bonds is 6. The van der Waals surface area contributed by atoms with Gasteiger partial charge in [0, 0.05) is 16.3 Å². The summed E-state index contributed by atoms with van der Waals surface area (Å²) in [5, 5.41) is 16.9. The largest absolute Gasteiger partial charge is 0.497 e. The van der Waals surface area contributed by atoms with E-state index in [1.807, 2.05) is 49.4 Å². The molecule has 2 heterocycles. The van der Waals surface area contributed by atoms with E-state index >= 15 is 0 Å². The van der Waals surface area contributed by atoms with E-state index in [1.165, 1.54) is 11.8 Å². The number of hydrogen-bond donors (Lipinski definition) is 1. The van der Waals surface area contributed by atoms with E-state index in [9.17, 15) is 4.79 Å². The van der Waals surface area contributed by atoms with Crippen LogP contribution in [-0.2, 0) is 4.79 Å². The standard InChI is InChI=1S/C21H18ClN5O2S/c1-13-16(22)4-3-5-17(13)23-20(28)12-30-21-25-24-19-11-10-18(26-27(19)21)14-6-8-15(29-2)9-7-14/h3-11H,12H2,1-2H3,(H,23,28). The van der Waals surface area contributed by atoms with Crippen LogP contribution in [0.15, 0.2) is 59.8 Å². The maximum atomic E-state index is 12.4. The third-order valence-corrected chi connectivity index (χ3v) is 5.82. The second kappa shape index (κ2) is 8.73. The topological polar surface area (TPSA) is 81.4 Å². The fourth-order valence-electron chi connectivity index (χ4n) is 2.83. The van der Waals surface area contributed by atoms with Gasteiger partial charge in [0.2, 0.25) is 11.1 Å². The zero-order valence-corrected chi connectivity index (χ0v) is 17.9. The number of carbonyl (C=O) groups excluding carboxylic acids is 1. The van der Waals surface area contributed by atoms with E-state index in [1.54, 1.807) is 23.8 Å². The highest BCUT2D eigenvalue weighted by atomic mass is 35.5. The normalized spacial score (nSPS) is 10.9. The van der Waals surface area contributed by atoms with Gasteiger partial charge in [0.25, 0.3) is 0 Å². The molecular weight excluding hydrogens is 422 g/mol. The molecule has 152 valence electrons. The summed E-state index contributed by atoms with van der Waals surface area (Å²) >= 11 is 7.38. The highest BCUT2D eigenvalue weighted by Gasteiger charge is 2.13. The van der Waals surface area contributed by atoms with Gasteiger partial charge in [-0.05, 0) is 61.0 Å². The van der Waals surface area contributed by atoms with Gasteiger partial charge >= 0.3 is 0 Å². The van der Waals surface area contributed by atoms with E-state index in [-0.39, 0.29) is 11.7 Å². The SMILES string of the molecule is COc1ccc(-c2ccc3nnc(SCC(=O)Nc4cccc(Cl)c4C)n3n2)cc1. The first-order valence-corrected chi connectivity index (χ1v) is 10.5.